The van der Waals surface area contributed by atoms with Crippen LogP contribution in [0.15, 0.2) is 23.2 Å². The van der Waals surface area contributed by atoms with Crippen LogP contribution in [0.1, 0.15) is 51.5 Å². The summed E-state index contributed by atoms with van der Waals surface area (Å²) in [5.41, 5.74) is 1.08. The molecule has 1 aromatic rings. The first-order valence-corrected chi connectivity index (χ1v) is 11.2. The number of guanidine groups is 1. The Morgan fingerprint density at radius 2 is 2.03 bits per heavy atom. The number of hydrogen-bond acceptors (Lipinski definition) is 4. The molecule has 6 heteroatoms. The van der Waals surface area contributed by atoms with Gasteiger partial charge in [-0.15, -0.1) is 0 Å². The molecule has 0 aromatic heterocycles. The highest BCUT2D eigenvalue weighted by molar-refractivity contribution is 5.80. The number of benzene rings is 1. The summed E-state index contributed by atoms with van der Waals surface area (Å²) in [7, 11) is 1.71. The Bertz CT molecular complexity index is 659. The molecule has 2 aliphatic rings. The van der Waals surface area contributed by atoms with Gasteiger partial charge in [0.2, 0.25) is 0 Å². The maximum absolute atomic E-state index is 6.36. The van der Waals surface area contributed by atoms with E-state index in [1.54, 1.807) is 7.11 Å². The van der Waals surface area contributed by atoms with Gasteiger partial charge in [-0.3, -0.25) is 0 Å². The summed E-state index contributed by atoms with van der Waals surface area (Å²) < 4.78 is 17.6. The van der Waals surface area contributed by atoms with Crippen LogP contribution < -0.4 is 14.8 Å². The Morgan fingerprint density at radius 1 is 1.21 bits per heavy atom. The van der Waals surface area contributed by atoms with Crippen LogP contribution in [0.3, 0.4) is 0 Å². The van der Waals surface area contributed by atoms with Gasteiger partial charge in [-0.25, -0.2) is 4.99 Å². The molecule has 1 atom stereocenters. The molecular formula is C23H37N3O3. The van der Waals surface area contributed by atoms with Crippen molar-refractivity contribution < 1.29 is 14.2 Å². The molecule has 1 heterocycles. The molecule has 1 aliphatic carbocycles. The second-order valence-electron chi connectivity index (χ2n) is 7.90. The van der Waals surface area contributed by atoms with Gasteiger partial charge >= 0.3 is 0 Å². The normalized spacial score (nSPS) is 20.3. The van der Waals surface area contributed by atoms with Crippen molar-refractivity contribution >= 4 is 5.96 Å². The first kappa shape index (κ1) is 21.8. The fraction of sp³-hybridized carbons (Fsp3) is 0.696. The van der Waals surface area contributed by atoms with Crippen molar-refractivity contribution in [3.63, 3.8) is 0 Å². The van der Waals surface area contributed by atoms with Crippen molar-refractivity contribution in [2.75, 3.05) is 40.0 Å². The van der Waals surface area contributed by atoms with Crippen LogP contribution >= 0.6 is 0 Å². The molecule has 2 fully saturated rings. The van der Waals surface area contributed by atoms with E-state index in [2.05, 4.69) is 30.1 Å². The summed E-state index contributed by atoms with van der Waals surface area (Å²) >= 11 is 0. The summed E-state index contributed by atoms with van der Waals surface area (Å²) in [6.07, 6.45) is 6.18. The molecule has 1 aliphatic heterocycles. The van der Waals surface area contributed by atoms with Gasteiger partial charge in [-0.2, -0.15) is 0 Å². The third-order valence-electron chi connectivity index (χ3n) is 5.74. The van der Waals surface area contributed by atoms with Crippen LogP contribution in [0, 0.1) is 5.92 Å². The number of nitrogens with zero attached hydrogens (tertiary/aromatic N) is 2. The predicted octanol–water partition coefficient (Wildman–Crippen LogP) is 3.84. The van der Waals surface area contributed by atoms with E-state index in [1.165, 1.54) is 12.8 Å². The van der Waals surface area contributed by atoms with Crippen molar-refractivity contribution in [2.24, 2.45) is 10.9 Å². The molecule has 1 aromatic carbocycles. The van der Waals surface area contributed by atoms with Gasteiger partial charge in [0.15, 0.2) is 17.5 Å². The fourth-order valence-electron chi connectivity index (χ4n) is 4.18. The van der Waals surface area contributed by atoms with E-state index in [-0.39, 0.29) is 0 Å². The van der Waals surface area contributed by atoms with Crippen LogP contribution in [-0.2, 0) is 11.3 Å². The topological polar surface area (TPSA) is 55.3 Å². The maximum Gasteiger partial charge on any atom is 0.194 e. The summed E-state index contributed by atoms with van der Waals surface area (Å²) in [5, 5.41) is 3.46. The van der Waals surface area contributed by atoms with E-state index in [9.17, 15) is 0 Å². The first-order valence-electron chi connectivity index (χ1n) is 11.2. The van der Waals surface area contributed by atoms with Crippen molar-refractivity contribution in [1.82, 2.24) is 10.2 Å². The van der Waals surface area contributed by atoms with Crippen molar-refractivity contribution in [3.05, 3.63) is 23.8 Å². The van der Waals surface area contributed by atoms with Gasteiger partial charge in [0.25, 0.3) is 0 Å². The Hall–Kier alpha value is -1.95. The van der Waals surface area contributed by atoms with E-state index < -0.39 is 0 Å². The molecule has 0 bridgehead atoms. The Morgan fingerprint density at radius 3 is 2.76 bits per heavy atom. The summed E-state index contributed by atoms with van der Waals surface area (Å²) in [4.78, 5) is 7.30. The lowest BCUT2D eigenvalue weighted by atomic mass is 10.1. The van der Waals surface area contributed by atoms with Crippen LogP contribution in [0.5, 0.6) is 11.5 Å². The summed E-state index contributed by atoms with van der Waals surface area (Å²) in [5.74, 6) is 3.21. The monoisotopic (exact) mass is 403 g/mol. The van der Waals surface area contributed by atoms with E-state index in [4.69, 9.17) is 19.2 Å². The number of rotatable bonds is 9. The molecule has 3 rings (SSSR count). The highest BCUT2D eigenvalue weighted by Gasteiger charge is 2.25. The molecule has 0 radical (unpaired) electrons. The third kappa shape index (κ3) is 6.01. The molecule has 0 spiro atoms. The number of para-hydroxylation sites is 1. The predicted molar refractivity (Wildman–Crippen MR) is 117 cm³/mol. The summed E-state index contributed by atoms with van der Waals surface area (Å²) in [6, 6.07) is 6.09. The molecule has 162 valence electrons. The quantitative estimate of drug-likeness (QED) is 0.501. The lowest BCUT2D eigenvalue weighted by Crippen LogP contribution is -2.40. The second kappa shape index (κ2) is 11.3. The van der Waals surface area contributed by atoms with E-state index >= 15 is 0 Å². The standard InChI is InChI=1S/C23H37N3O3/c1-4-24-23(26-14-13-18(16-26)17-28-5-2)25-15-19-9-8-12-21(27-3)22(19)29-20-10-6-7-11-20/h8-9,12,18,20H,4-7,10-11,13-17H2,1-3H3,(H,24,25). The zero-order chi connectivity index (χ0) is 20.5. The van der Waals surface area contributed by atoms with Gasteiger partial charge in [0, 0.05) is 37.7 Å². The van der Waals surface area contributed by atoms with Crippen molar-refractivity contribution in [3.8, 4) is 11.5 Å². The zero-order valence-electron chi connectivity index (χ0n) is 18.3. The van der Waals surface area contributed by atoms with Gasteiger partial charge in [-0.05, 0) is 52.0 Å². The first-order chi connectivity index (χ1) is 14.2. The van der Waals surface area contributed by atoms with Crippen LogP contribution in [0.4, 0.5) is 0 Å². The van der Waals surface area contributed by atoms with Crippen LogP contribution in [0.25, 0.3) is 0 Å². The highest BCUT2D eigenvalue weighted by Crippen LogP contribution is 2.35. The number of hydrogen-bond donors (Lipinski definition) is 1. The average Bonchev–Trinajstić information content (AvgIpc) is 3.42. The molecule has 0 amide bonds. The van der Waals surface area contributed by atoms with Gasteiger partial charge in [0.05, 0.1) is 26.4 Å². The van der Waals surface area contributed by atoms with Gasteiger partial charge in [-0.1, -0.05) is 12.1 Å². The van der Waals surface area contributed by atoms with Crippen LogP contribution in [0.2, 0.25) is 0 Å². The molecule has 1 N–H and O–H groups in total. The van der Waals surface area contributed by atoms with Gasteiger partial charge < -0.3 is 24.4 Å². The van der Waals surface area contributed by atoms with Crippen molar-refractivity contribution in [2.45, 2.75) is 58.6 Å². The minimum Gasteiger partial charge on any atom is -0.493 e. The Kier molecular flexibility index (Phi) is 8.47. The minimum atomic E-state index is 0.292. The SMILES string of the molecule is CCNC(=NCc1cccc(OC)c1OC1CCCC1)N1CCC(COCC)C1. The molecule has 1 saturated heterocycles. The summed E-state index contributed by atoms with van der Waals surface area (Å²) in [6.45, 7) is 9.23. The Labute approximate surface area is 175 Å². The smallest absolute Gasteiger partial charge is 0.194 e. The molecule has 1 unspecified atom stereocenters. The Balaban J connectivity index is 1.71. The van der Waals surface area contributed by atoms with E-state index in [0.29, 0.717) is 18.6 Å². The lowest BCUT2D eigenvalue weighted by molar-refractivity contribution is 0.114. The lowest BCUT2D eigenvalue weighted by Gasteiger charge is -2.22. The second-order valence-corrected chi connectivity index (χ2v) is 7.90. The third-order valence-corrected chi connectivity index (χ3v) is 5.74. The van der Waals surface area contributed by atoms with Crippen LogP contribution in [-0.4, -0.2) is 56.9 Å². The number of ether oxygens (including phenoxy) is 3. The fourth-order valence-corrected chi connectivity index (χ4v) is 4.18. The van der Waals surface area contributed by atoms with E-state index in [1.807, 2.05) is 12.1 Å². The molecule has 1 saturated carbocycles. The zero-order valence-corrected chi connectivity index (χ0v) is 18.3. The number of methoxy groups -OCH3 is 1. The minimum absolute atomic E-state index is 0.292. The number of nitrogens with one attached hydrogen (secondary N) is 1. The molecule has 6 nitrogen and oxygen atoms in total. The molecular weight excluding hydrogens is 366 g/mol. The number of aliphatic imine (C=N–C) groups is 1. The average molecular weight is 404 g/mol. The van der Waals surface area contributed by atoms with Crippen molar-refractivity contribution in [1.29, 1.82) is 0 Å². The van der Waals surface area contributed by atoms with E-state index in [0.717, 1.165) is 75.1 Å². The molecule has 29 heavy (non-hydrogen) atoms. The highest BCUT2D eigenvalue weighted by atomic mass is 16.5. The van der Waals surface area contributed by atoms with Gasteiger partial charge in [0.1, 0.15) is 0 Å². The largest absolute Gasteiger partial charge is 0.493 e. The number of likely N-dealkylation sites (tertiary alicyclic amines) is 1. The maximum atomic E-state index is 6.36.